The molecule has 0 unspecified atom stereocenters. The third-order valence-electron chi connectivity index (χ3n) is 7.28. The van der Waals surface area contributed by atoms with Crippen LogP contribution in [0.2, 0.25) is 15.1 Å². The summed E-state index contributed by atoms with van der Waals surface area (Å²) in [6, 6.07) is 7.92. The molecule has 216 valence electrons. The number of carbonyl (C=O) groups is 1. The summed E-state index contributed by atoms with van der Waals surface area (Å²) in [6.07, 6.45) is 2.89. The number of hydrogen-bond acceptors (Lipinski definition) is 8. The van der Waals surface area contributed by atoms with E-state index >= 15 is 0 Å². The molecule has 0 spiro atoms. The van der Waals surface area contributed by atoms with Gasteiger partial charge in [0.1, 0.15) is 29.6 Å². The van der Waals surface area contributed by atoms with Crippen LogP contribution in [0, 0.1) is 16.5 Å². The van der Waals surface area contributed by atoms with E-state index in [1.807, 2.05) is 0 Å². The molecular formula is C28H19Cl3F2N4O5. The van der Waals surface area contributed by atoms with Crippen molar-refractivity contribution in [1.82, 2.24) is 10.1 Å². The lowest BCUT2D eigenvalue weighted by Gasteiger charge is -2.46. The first-order chi connectivity index (χ1) is 20.1. The molecule has 0 amide bonds. The second kappa shape index (κ2) is 10.8. The maximum absolute atomic E-state index is 14.5. The van der Waals surface area contributed by atoms with Gasteiger partial charge < -0.3 is 19.3 Å². The molecule has 9 nitrogen and oxygen atoms in total. The molecule has 1 aliphatic heterocycles. The number of pyridine rings is 1. The number of anilines is 1. The van der Waals surface area contributed by atoms with Gasteiger partial charge in [-0.3, -0.25) is 0 Å². The van der Waals surface area contributed by atoms with E-state index in [-0.39, 0.29) is 52.1 Å². The second-order valence-electron chi connectivity index (χ2n) is 10.1. The van der Waals surface area contributed by atoms with Crippen molar-refractivity contribution in [3.8, 4) is 17.0 Å². The van der Waals surface area contributed by atoms with E-state index in [1.54, 1.807) is 12.1 Å². The van der Waals surface area contributed by atoms with Crippen LogP contribution in [0.15, 0.2) is 52.3 Å². The summed E-state index contributed by atoms with van der Waals surface area (Å²) in [5.74, 6) is -1.61. The summed E-state index contributed by atoms with van der Waals surface area (Å²) in [6.45, 7) is -0.00594. The van der Waals surface area contributed by atoms with Crippen LogP contribution in [0.4, 0.5) is 14.6 Å². The minimum Gasteiger partial charge on any atom is -0.489 e. The molecule has 1 N–H and O–H groups in total. The van der Waals surface area contributed by atoms with Crippen LogP contribution in [0.3, 0.4) is 0 Å². The van der Waals surface area contributed by atoms with Gasteiger partial charge in [0.25, 0.3) is 0 Å². The quantitative estimate of drug-likeness (QED) is 0.187. The Bertz CT molecular complexity index is 1720. The van der Waals surface area contributed by atoms with Crippen LogP contribution in [-0.2, 0) is 12.1 Å². The third kappa shape index (κ3) is 5.05. The van der Waals surface area contributed by atoms with Crippen molar-refractivity contribution in [1.29, 1.82) is 0 Å². The summed E-state index contributed by atoms with van der Waals surface area (Å²) in [4.78, 5) is 28.4. The van der Waals surface area contributed by atoms with E-state index in [0.29, 0.717) is 33.9 Å². The summed E-state index contributed by atoms with van der Waals surface area (Å²) in [7, 11) is 0. The van der Waals surface area contributed by atoms with E-state index in [1.165, 1.54) is 11.0 Å². The fraction of sp³-hybridized carbons (Fsp3) is 0.250. The van der Waals surface area contributed by atoms with Gasteiger partial charge in [-0.15, -0.1) is 4.91 Å². The van der Waals surface area contributed by atoms with Gasteiger partial charge in [-0.25, -0.2) is 18.6 Å². The van der Waals surface area contributed by atoms with Gasteiger partial charge in [0.05, 0.1) is 39.3 Å². The molecule has 6 rings (SSSR count). The van der Waals surface area contributed by atoms with E-state index in [4.69, 9.17) is 49.2 Å². The van der Waals surface area contributed by atoms with Gasteiger partial charge in [0, 0.05) is 23.2 Å². The van der Waals surface area contributed by atoms with Crippen LogP contribution in [-0.4, -0.2) is 34.3 Å². The number of aromatic nitrogens is 2. The standard InChI is InChI=1S/C28H19Cl3F2N4O5/c29-19-8-16(3-4-18(19)28(36-40)11-37(12-28)26-22(33)5-14(9-34-26)27(38)39)41-10-17-24(35-42-25(17)13-1-2-13)23-20(30)6-15(32)7-21(23)31/h3-9,13H,1-2,10-12H2,(H,38,39). The first kappa shape index (κ1) is 28.3. The fourth-order valence-corrected chi connectivity index (χ4v) is 5.99. The molecule has 0 radical (unpaired) electrons. The number of carboxylic acid groups (broad SMARTS) is 1. The molecule has 2 fully saturated rings. The highest BCUT2D eigenvalue weighted by Gasteiger charge is 2.49. The number of nitroso groups, excluding NO2 is 1. The highest BCUT2D eigenvalue weighted by Crippen LogP contribution is 2.47. The van der Waals surface area contributed by atoms with Crippen molar-refractivity contribution in [3.63, 3.8) is 0 Å². The lowest BCUT2D eigenvalue weighted by molar-refractivity contribution is 0.0695. The largest absolute Gasteiger partial charge is 0.489 e. The van der Waals surface area contributed by atoms with Gasteiger partial charge in [0.15, 0.2) is 17.2 Å². The number of ether oxygens (including phenoxy) is 1. The Hall–Kier alpha value is -3.80. The van der Waals surface area contributed by atoms with Crippen molar-refractivity contribution in [2.45, 2.75) is 30.9 Å². The highest BCUT2D eigenvalue weighted by atomic mass is 35.5. The highest BCUT2D eigenvalue weighted by molar-refractivity contribution is 6.39. The molecule has 2 aromatic heterocycles. The van der Waals surface area contributed by atoms with Gasteiger partial charge in [-0.1, -0.05) is 51.2 Å². The molecule has 14 heteroatoms. The van der Waals surface area contributed by atoms with Crippen LogP contribution in [0.5, 0.6) is 5.75 Å². The van der Waals surface area contributed by atoms with E-state index in [0.717, 1.165) is 37.2 Å². The normalized spacial score (nSPS) is 15.8. The Kier molecular flexibility index (Phi) is 7.28. The zero-order valence-electron chi connectivity index (χ0n) is 21.4. The minimum absolute atomic E-state index is 0.0131. The van der Waals surface area contributed by atoms with Crippen LogP contribution in [0.25, 0.3) is 11.3 Å². The van der Waals surface area contributed by atoms with Gasteiger partial charge in [0.2, 0.25) is 0 Å². The average molecular weight is 636 g/mol. The Morgan fingerprint density at radius 2 is 1.83 bits per heavy atom. The number of carboxylic acids is 1. The molecule has 1 saturated heterocycles. The van der Waals surface area contributed by atoms with E-state index in [9.17, 15) is 18.5 Å². The van der Waals surface area contributed by atoms with Crippen LogP contribution < -0.4 is 9.64 Å². The monoisotopic (exact) mass is 634 g/mol. The van der Waals surface area contributed by atoms with Gasteiger partial charge in [-0.2, -0.15) is 0 Å². The predicted molar refractivity (Wildman–Crippen MR) is 151 cm³/mol. The summed E-state index contributed by atoms with van der Waals surface area (Å²) < 4.78 is 39.9. The van der Waals surface area contributed by atoms with E-state index in [2.05, 4.69) is 15.3 Å². The summed E-state index contributed by atoms with van der Waals surface area (Å²) >= 11 is 19.2. The second-order valence-corrected chi connectivity index (χ2v) is 11.4. The molecule has 4 aromatic rings. The lowest BCUT2D eigenvalue weighted by Crippen LogP contribution is -2.59. The fourth-order valence-electron chi connectivity index (χ4n) is 5.00. The van der Waals surface area contributed by atoms with Crippen molar-refractivity contribution >= 4 is 46.6 Å². The Morgan fingerprint density at radius 1 is 1.12 bits per heavy atom. The number of nitrogens with zero attached hydrogens (tertiary/aromatic N) is 4. The Morgan fingerprint density at radius 3 is 2.43 bits per heavy atom. The number of aromatic carboxylic acids is 1. The molecule has 0 atom stereocenters. The molecule has 42 heavy (non-hydrogen) atoms. The molecule has 1 aliphatic carbocycles. The zero-order chi connectivity index (χ0) is 29.8. The lowest BCUT2D eigenvalue weighted by atomic mass is 9.83. The van der Waals surface area contributed by atoms with Crippen molar-refractivity contribution in [2.75, 3.05) is 18.0 Å². The number of benzene rings is 2. The smallest absolute Gasteiger partial charge is 0.337 e. The minimum atomic E-state index is -1.30. The molecule has 2 aliphatic rings. The maximum Gasteiger partial charge on any atom is 0.337 e. The summed E-state index contributed by atoms with van der Waals surface area (Å²) in [5, 5.41) is 16.9. The first-order valence-electron chi connectivity index (χ1n) is 12.6. The van der Waals surface area contributed by atoms with Crippen molar-refractivity contribution < 1.29 is 27.9 Å². The number of hydrogen-bond donors (Lipinski definition) is 1. The molecule has 1 saturated carbocycles. The van der Waals surface area contributed by atoms with Crippen molar-refractivity contribution in [3.05, 3.63) is 96.7 Å². The molecule has 3 heterocycles. The van der Waals surface area contributed by atoms with Crippen LogP contribution in [0.1, 0.15) is 46.0 Å². The van der Waals surface area contributed by atoms with E-state index < -0.39 is 23.1 Å². The molecule has 2 aromatic carbocycles. The van der Waals surface area contributed by atoms with Gasteiger partial charge >= 0.3 is 5.97 Å². The SMILES string of the molecule is O=NC1(c2ccc(OCc3c(-c4c(Cl)cc(F)cc4Cl)noc3C3CC3)cc2Cl)CN(c2ncc(C(=O)O)cc2F)C1. The first-order valence-corrected chi connectivity index (χ1v) is 13.8. The number of halogens is 5. The number of rotatable bonds is 9. The van der Waals surface area contributed by atoms with Crippen LogP contribution >= 0.6 is 34.8 Å². The molecular weight excluding hydrogens is 617 g/mol. The Labute approximate surface area is 251 Å². The third-order valence-corrected chi connectivity index (χ3v) is 8.19. The van der Waals surface area contributed by atoms with Gasteiger partial charge in [-0.05, 0) is 43.2 Å². The topological polar surface area (TPSA) is 118 Å². The predicted octanol–water partition coefficient (Wildman–Crippen LogP) is 7.61. The molecule has 0 bridgehead atoms. The zero-order valence-corrected chi connectivity index (χ0v) is 23.7. The van der Waals surface area contributed by atoms with Crippen molar-refractivity contribution in [2.24, 2.45) is 5.18 Å². The average Bonchev–Trinajstić information content (AvgIpc) is 3.68. The Balaban J connectivity index is 1.21. The maximum atomic E-state index is 14.5. The summed E-state index contributed by atoms with van der Waals surface area (Å²) in [5.41, 5.74) is 0.162.